The van der Waals surface area contributed by atoms with Gasteiger partial charge in [-0.05, 0) is 23.1 Å². The zero-order valence-corrected chi connectivity index (χ0v) is 17.9. The smallest absolute Gasteiger partial charge is 0.191 e. The predicted molar refractivity (Wildman–Crippen MR) is 108 cm³/mol. The third-order valence-electron chi connectivity index (χ3n) is 3.30. The van der Waals surface area contributed by atoms with Gasteiger partial charge in [0.15, 0.2) is 5.96 Å². The van der Waals surface area contributed by atoms with Gasteiger partial charge in [0.1, 0.15) is 0 Å². The number of nitrogens with zero attached hydrogens (tertiary/aromatic N) is 1. The van der Waals surface area contributed by atoms with E-state index in [1.807, 2.05) is 12.1 Å². The predicted octanol–water partition coefficient (Wildman–Crippen LogP) is 3.79. The maximum absolute atomic E-state index is 5.54. The van der Waals surface area contributed by atoms with E-state index in [9.17, 15) is 0 Å². The van der Waals surface area contributed by atoms with Crippen LogP contribution in [0.4, 0.5) is 0 Å². The molecule has 0 aliphatic heterocycles. The molecule has 2 N–H and O–H groups in total. The number of nitrogens with one attached hydrogen (secondary N) is 2. The van der Waals surface area contributed by atoms with E-state index in [1.54, 1.807) is 14.2 Å². The van der Waals surface area contributed by atoms with Gasteiger partial charge in [-0.1, -0.05) is 48.8 Å². The quantitative estimate of drug-likeness (QED) is 0.380. The monoisotopic (exact) mass is 483 g/mol. The lowest BCUT2D eigenvalue weighted by Crippen LogP contribution is -2.45. The van der Waals surface area contributed by atoms with Crippen molar-refractivity contribution in [3.05, 3.63) is 34.3 Å². The largest absolute Gasteiger partial charge is 0.379 e. The van der Waals surface area contributed by atoms with Gasteiger partial charge < -0.3 is 15.4 Å². The van der Waals surface area contributed by atoms with Crippen LogP contribution in [0.25, 0.3) is 0 Å². The van der Waals surface area contributed by atoms with Crippen molar-refractivity contribution < 1.29 is 4.74 Å². The fourth-order valence-corrected chi connectivity index (χ4v) is 2.21. The Kier molecular flexibility index (Phi) is 10.3. The van der Waals surface area contributed by atoms with Crippen molar-refractivity contribution in [2.75, 3.05) is 20.7 Å². The Bertz CT molecular complexity index is 457. The normalized spacial score (nSPS) is 13.3. The number of rotatable bonds is 5. The van der Waals surface area contributed by atoms with E-state index in [-0.39, 0.29) is 35.5 Å². The Labute approximate surface area is 159 Å². The lowest BCUT2D eigenvalue weighted by Gasteiger charge is -2.30. The van der Waals surface area contributed by atoms with Gasteiger partial charge in [-0.25, -0.2) is 0 Å². The molecule has 6 heteroatoms. The zero-order chi connectivity index (χ0) is 15.9. The van der Waals surface area contributed by atoms with Crippen LogP contribution in [0.1, 0.15) is 26.3 Å². The Hall–Kier alpha value is -0.340. The summed E-state index contributed by atoms with van der Waals surface area (Å²) in [4.78, 5) is 4.24. The number of hydrogen-bond acceptors (Lipinski definition) is 2. The van der Waals surface area contributed by atoms with Gasteiger partial charge in [0.25, 0.3) is 0 Å². The van der Waals surface area contributed by atoms with Crippen LogP contribution in [0.2, 0.25) is 0 Å². The van der Waals surface area contributed by atoms with Gasteiger partial charge >= 0.3 is 0 Å². The van der Waals surface area contributed by atoms with Crippen LogP contribution in [0.15, 0.2) is 33.7 Å². The molecule has 0 spiro atoms. The van der Waals surface area contributed by atoms with Crippen LogP contribution in [0, 0.1) is 5.41 Å². The van der Waals surface area contributed by atoms with E-state index in [0.29, 0.717) is 0 Å². The molecule has 0 fully saturated rings. The molecular formula is C16H27BrIN3O. The lowest BCUT2D eigenvalue weighted by molar-refractivity contribution is 0.0205. The molecule has 126 valence electrons. The van der Waals surface area contributed by atoms with Crippen LogP contribution in [0.5, 0.6) is 0 Å². The molecule has 1 atom stereocenters. The van der Waals surface area contributed by atoms with Crippen LogP contribution < -0.4 is 10.6 Å². The lowest BCUT2D eigenvalue weighted by atomic mass is 9.89. The molecule has 0 radical (unpaired) electrons. The molecule has 0 saturated carbocycles. The number of benzene rings is 1. The van der Waals surface area contributed by atoms with Crippen LogP contribution in [-0.4, -0.2) is 32.8 Å². The third-order valence-corrected chi connectivity index (χ3v) is 3.83. The SMILES string of the molecule is CN=C(NCc1ccc(Br)cc1)NCC(OC)C(C)(C)C.I. The van der Waals surface area contributed by atoms with E-state index >= 15 is 0 Å². The summed E-state index contributed by atoms with van der Waals surface area (Å²) in [5.74, 6) is 0.782. The molecule has 0 aliphatic carbocycles. The molecule has 0 aliphatic rings. The summed E-state index contributed by atoms with van der Waals surface area (Å²) in [6.45, 7) is 7.96. The molecule has 0 amide bonds. The topological polar surface area (TPSA) is 45.7 Å². The first-order valence-corrected chi connectivity index (χ1v) is 7.88. The first-order valence-electron chi connectivity index (χ1n) is 7.08. The molecule has 1 aromatic rings. The molecular weight excluding hydrogens is 457 g/mol. The Morgan fingerprint density at radius 2 is 1.82 bits per heavy atom. The summed E-state index contributed by atoms with van der Waals surface area (Å²) in [6.07, 6.45) is 0.128. The van der Waals surface area contributed by atoms with Gasteiger partial charge in [0.05, 0.1) is 6.10 Å². The van der Waals surface area contributed by atoms with E-state index in [1.165, 1.54) is 5.56 Å². The number of methoxy groups -OCH3 is 1. The Morgan fingerprint density at radius 1 is 1.23 bits per heavy atom. The first kappa shape index (κ1) is 21.7. The highest BCUT2D eigenvalue weighted by molar-refractivity contribution is 14.0. The van der Waals surface area contributed by atoms with Gasteiger partial charge in [-0.3, -0.25) is 4.99 Å². The van der Waals surface area contributed by atoms with Gasteiger partial charge in [-0.15, -0.1) is 24.0 Å². The summed E-state index contributed by atoms with van der Waals surface area (Å²) >= 11 is 3.44. The summed E-state index contributed by atoms with van der Waals surface area (Å²) in [6, 6.07) is 8.23. The average molecular weight is 484 g/mol. The van der Waals surface area contributed by atoms with E-state index in [4.69, 9.17) is 4.74 Å². The van der Waals surface area contributed by atoms with Gasteiger partial charge in [0.2, 0.25) is 0 Å². The maximum Gasteiger partial charge on any atom is 0.191 e. The minimum absolute atomic E-state index is 0. The highest BCUT2D eigenvalue weighted by Crippen LogP contribution is 2.20. The molecule has 0 saturated heterocycles. The maximum atomic E-state index is 5.54. The highest BCUT2D eigenvalue weighted by Gasteiger charge is 2.24. The van der Waals surface area contributed by atoms with Crippen LogP contribution in [0.3, 0.4) is 0 Å². The molecule has 1 aromatic carbocycles. The second kappa shape index (κ2) is 10.4. The second-order valence-corrected chi connectivity index (χ2v) is 6.94. The summed E-state index contributed by atoms with van der Waals surface area (Å²) in [5, 5.41) is 6.62. The Morgan fingerprint density at radius 3 is 2.27 bits per heavy atom. The van der Waals surface area contributed by atoms with Crippen molar-refractivity contribution in [3.8, 4) is 0 Å². The highest BCUT2D eigenvalue weighted by atomic mass is 127. The van der Waals surface area contributed by atoms with Gasteiger partial charge in [-0.2, -0.15) is 0 Å². The van der Waals surface area contributed by atoms with Crippen molar-refractivity contribution in [2.45, 2.75) is 33.4 Å². The fourth-order valence-electron chi connectivity index (χ4n) is 1.94. The van der Waals surface area contributed by atoms with E-state index < -0.39 is 0 Å². The molecule has 1 rings (SSSR count). The number of halogens is 2. The summed E-state index contributed by atoms with van der Waals surface area (Å²) in [7, 11) is 3.52. The van der Waals surface area contributed by atoms with Crippen LogP contribution >= 0.6 is 39.9 Å². The minimum atomic E-state index is 0. The summed E-state index contributed by atoms with van der Waals surface area (Å²) in [5.41, 5.74) is 1.30. The molecule has 0 bridgehead atoms. The fraction of sp³-hybridized carbons (Fsp3) is 0.562. The number of ether oxygens (including phenoxy) is 1. The van der Waals surface area contributed by atoms with Crippen molar-refractivity contribution in [1.29, 1.82) is 0 Å². The molecule has 22 heavy (non-hydrogen) atoms. The minimum Gasteiger partial charge on any atom is -0.379 e. The first-order chi connectivity index (χ1) is 9.86. The van der Waals surface area contributed by atoms with Gasteiger partial charge in [0, 0.05) is 31.7 Å². The third kappa shape index (κ3) is 7.78. The second-order valence-electron chi connectivity index (χ2n) is 6.02. The number of guanidine groups is 1. The van der Waals surface area contributed by atoms with E-state index in [0.717, 1.165) is 23.5 Å². The number of hydrogen-bond donors (Lipinski definition) is 2. The van der Waals surface area contributed by atoms with E-state index in [2.05, 4.69) is 64.5 Å². The van der Waals surface area contributed by atoms with Crippen molar-refractivity contribution in [3.63, 3.8) is 0 Å². The van der Waals surface area contributed by atoms with Crippen LogP contribution in [-0.2, 0) is 11.3 Å². The summed E-state index contributed by atoms with van der Waals surface area (Å²) < 4.78 is 6.62. The molecule has 4 nitrogen and oxygen atoms in total. The molecule has 0 aromatic heterocycles. The van der Waals surface area contributed by atoms with Crippen molar-refractivity contribution in [2.24, 2.45) is 10.4 Å². The van der Waals surface area contributed by atoms with Crippen molar-refractivity contribution in [1.82, 2.24) is 10.6 Å². The molecule has 0 heterocycles. The van der Waals surface area contributed by atoms with Crippen molar-refractivity contribution >= 4 is 45.9 Å². The standard InChI is InChI=1S/C16H26BrN3O.HI/c1-16(2,3)14(21-5)11-20-15(18-4)19-10-12-6-8-13(17)9-7-12;/h6-9,14H,10-11H2,1-5H3,(H2,18,19,20);1H. The zero-order valence-electron chi connectivity index (χ0n) is 13.9. The average Bonchev–Trinajstić information content (AvgIpc) is 2.43. The molecule has 1 unspecified atom stereocenters. The Balaban J connectivity index is 0.00000441. The number of aliphatic imine (C=N–C) groups is 1.